The van der Waals surface area contributed by atoms with Gasteiger partial charge in [-0.25, -0.2) is 4.98 Å². The van der Waals surface area contributed by atoms with Crippen molar-refractivity contribution in [3.8, 4) is 0 Å². The third-order valence-corrected chi connectivity index (χ3v) is 4.80. The number of carbonyl (C=O) groups excluding carboxylic acids is 1. The summed E-state index contributed by atoms with van der Waals surface area (Å²) in [5, 5.41) is 2.99. The van der Waals surface area contributed by atoms with E-state index in [2.05, 4.69) is 40.4 Å². The molecule has 4 nitrogen and oxygen atoms in total. The van der Waals surface area contributed by atoms with Crippen molar-refractivity contribution in [3.63, 3.8) is 0 Å². The van der Waals surface area contributed by atoms with E-state index in [0.29, 0.717) is 5.56 Å². The highest BCUT2D eigenvalue weighted by Crippen LogP contribution is 2.17. The second-order valence-corrected chi connectivity index (χ2v) is 7.23. The molecular weight excluding hydrogens is 346 g/mol. The molecule has 1 amide bonds. The summed E-state index contributed by atoms with van der Waals surface area (Å²) < 4.78 is 0. The highest BCUT2D eigenvalue weighted by atomic mass is 16.1. The van der Waals surface area contributed by atoms with Gasteiger partial charge in [0.2, 0.25) is 0 Å². The molecule has 28 heavy (non-hydrogen) atoms. The minimum atomic E-state index is -0.0893. The van der Waals surface area contributed by atoms with E-state index in [9.17, 15) is 4.79 Å². The number of anilines is 1. The van der Waals surface area contributed by atoms with Crippen LogP contribution in [0, 0.1) is 13.8 Å². The quantitative estimate of drug-likeness (QED) is 0.507. The number of hydrogen-bond acceptors (Lipinski definition) is 2. The topological polar surface area (TPSA) is 57.8 Å². The van der Waals surface area contributed by atoms with E-state index < -0.39 is 0 Å². The number of fused-ring (bicyclic) bond motifs is 1. The smallest absolute Gasteiger partial charge is 0.255 e. The molecule has 0 saturated heterocycles. The van der Waals surface area contributed by atoms with Crippen LogP contribution < -0.4 is 5.32 Å². The summed E-state index contributed by atoms with van der Waals surface area (Å²) in [6.07, 6.45) is 1.68. The number of aromatic nitrogens is 2. The van der Waals surface area contributed by atoms with Crippen LogP contribution in [0.4, 0.5) is 5.69 Å². The Kier molecular flexibility index (Phi) is 4.94. The van der Waals surface area contributed by atoms with Crippen molar-refractivity contribution in [1.82, 2.24) is 9.97 Å². The molecule has 140 valence electrons. The number of amides is 1. The molecule has 0 bridgehead atoms. The molecule has 4 aromatic rings. The van der Waals surface area contributed by atoms with Crippen LogP contribution in [0.3, 0.4) is 0 Å². The highest BCUT2D eigenvalue weighted by Gasteiger charge is 2.07. The van der Waals surface area contributed by atoms with Crippen LogP contribution in [0.5, 0.6) is 0 Å². The van der Waals surface area contributed by atoms with Crippen LogP contribution in [0.2, 0.25) is 0 Å². The lowest BCUT2D eigenvalue weighted by Gasteiger charge is -2.08. The van der Waals surface area contributed by atoms with Gasteiger partial charge in [0.05, 0.1) is 11.0 Å². The third kappa shape index (κ3) is 4.12. The second kappa shape index (κ2) is 7.69. The maximum Gasteiger partial charge on any atom is 0.255 e. The van der Waals surface area contributed by atoms with Crippen molar-refractivity contribution in [1.29, 1.82) is 0 Å². The lowest BCUT2D eigenvalue weighted by atomic mass is 10.1. The number of carbonyl (C=O) groups is 1. The third-order valence-electron chi connectivity index (χ3n) is 4.80. The Morgan fingerprint density at radius 1 is 0.929 bits per heavy atom. The molecule has 0 spiro atoms. The molecule has 0 aliphatic carbocycles. The number of hydrogen-bond donors (Lipinski definition) is 2. The number of H-pyrrole nitrogens is 1. The fourth-order valence-corrected chi connectivity index (χ4v) is 3.35. The Morgan fingerprint density at radius 2 is 1.75 bits per heavy atom. The minimum absolute atomic E-state index is 0.0893. The molecular formula is C24H23N3O. The summed E-state index contributed by atoms with van der Waals surface area (Å²) in [6.45, 7) is 4.06. The molecule has 1 aromatic heterocycles. The van der Waals surface area contributed by atoms with Gasteiger partial charge in [0.25, 0.3) is 5.91 Å². The molecule has 4 heteroatoms. The molecule has 0 aliphatic rings. The summed E-state index contributed by atoms with van der Waals surface area (Å²) in [4.78, 5) is 20.5. The molecule has 0 unspecified atom stereocenters. The van der Waals surface area contributed by atoms with Crippen LogP contribution in [0.15, 0.2) is 66.7 Å². The minimum Gasteiger partial charge on any atom is -0.342 e. The number of aryl methyl sites for hydroxylation is 4. The fourth-order valence-electron chi connectivity index (χ4n) is 3.35. The normalized spacial score (nSPS) is 10.9. The van der Waals surface area contributed by atoms with Crippen molar-refractivity contribution in [2.24, 2.45) is 0 Å². The summed E-state index contributed by atoms with van der Waals surface area (Å²) in [5.41, 5.74) is 7.02. The molecule has 0 atom stereocenters. The van der Waals surface area contributed by atoms with Gasteiger partial charge in [-0.15, -0.1) is 0 Å². The molecule has 0 saturated carbocycles. The van der Waals surface area contributed by atoms with Crippen LogP contribution in [-0.2, 0) is 12.8 Å². The number of nitrogens with one attached hydrogen (secondary N) is 2. The van der Waals surface area contributed by atoms with Gasteiger partial charge in [-0.3, -0.25) is 4.79 Å². The number of nitrogens with zero attached hydrogens (tertiary/aromatic N) is 1. The molecule has 0 radical (unpaired) electrons. The second-order valence-electron chi connectivity index (χ2n) is 7.23. The summed E-state index contributed by atoms with van der Waals surface area (Å²) in [6, 6.07) is 21.8. The predicted molar refractivity (Wildman–Crippen MR) is 114 cm³/mol. The molecule has 1 heterocycles. The Hall–Kier alpha value is -3.40. The first-order chi connectivity index (χ1) is 13.6. The zero-order valence-corrected chi connectivity index (χ0v) is 16.1. The van der Waals surface area contributed by atoms with Crippen LogP contribution in [0.25, 0.3) is 11.0 Å². The lowest BCUT2D eigenvalue weighted by Crippen LogP contribution is -2.12. The molecule has 2 N–H and O–H groups in total. The lowest BCUT2D eigenvalue weighted by molar-refractivity contribution is 0.102. The van der Waals surface area contributed by atoms with E-state index in [4.69, 9.17) is 0 Å². The summed E-state index contributed by atoms with van der Waals surface area (Å²) in [7, 11) is 0. The van der Waals surface area contributed by atoms with Crippen molar-refractivity contribution in [2.75, 3.05) is 5.32 Å². The fraction of sp³-hybridized carbons (Fsp3) is 0.167. The van der Waals surface area contributed by atoms with Crippen molar-refractivity contribution in [3.05, 3.63) is 94.8 Å². The maximum atomic E-state index is 12.5. The van der Waals surface area contributed by atoms with E-state index in [1.165, 1.54) is 11.1 Å². The van der Waals surface area contributed by atoms with Gasteiger partial charge >= 0.3 is 0 Å². The van der Waals surface area contributed by atoms with Gasteiger partial charge in [-0.1, -0.05) is 35.9 Å². The van der Waals surface area contributed by atoms with Crippen LogP contribution in [-0.4, -0.2) is 15.9 Å². The zero-order valence-electron chi connectivity index (χ0n) is 16.1. The molecule has 0 fully saturated rings. The largest absolute Gasteiger partial charge is 0.342 e. The Morgan fingerprint density at radius 3 is 2.61 bits per heavy atom. The maximum absolute atomic E-state index is 12.5. The van der Waals surface area contributed by atoms with E-state index in [1.807, 2.05) is 55.5 Å². The average molecular weight is 369 g/mol. The number of aromatic amines is 1. The number of benzene rings is 3. The van der Waals surface area contributed by atoms with E-state index in [0.717, 1.165) is 41.0 Å². The zero-order chi connectivity index (χ0) is 19.5. The van der Waals surface area contributed by atoms with Gasteiger partial charge in [0.15, 0.2) is 0 Å². The Bertz CT molecular complexity index is 1140. The average Bonchev–Trinajstić information content (AvgIpc) is 3.08. The Labute approximate surface area is 164 Å². The first-order valence-electron chi connectivity index (χ1n) is 9.49. The number of imidazole rings is 1. The highest BCUT2D eigenvalue weighted by molar-refractivity contribution is 6.04. The molecule has 3 aromatic carbocycles. The van der Waals surface area contributed by atoms with Gasteiger partial charge in [-0.2, -0.15) is 0 Å². The standard InChI is InChI=1S/C24H23N3O/c1-16-5-3-7-19(13-16)24(28)25-20-8-4-6-18(15-20)10-12-23-26-21-11-9-17(2)14-22(21)27-23/h3-9,11,13-15H,10,12H2,1-2H3,(H,25,28)(H,26,27). The first-order valence-corrected chi connectivity index (χ1v) is 9.49. The van der Waals surface area contributed by atoms with Gasteiger partial charge in [-0.05, 0) is 67.8 Å². The molecule has 4 rings (SSSR count). The van der Waals surface area contributed by atoms with Crippen molar-refractivity contribution in [2.45, 2.75) is 26.7 Å². The van der Waals surface area contributed by atoms with E-state index in [-0.39, 0.29) is 5.91 Å². The van der Waals surface area contributed by atoms with Gasteiger partial charge in [0.1, 0.15) is 5.82 Å². The molecule has 0 aliphatic heterocycles. The van der Waals surface area contributed by atoms with E-state index in [1.54, 1.807) is 0 Å². The summed E-state index contributed by atoms with van der Waals surface area (Å²) in [5.74, 6) is 0.892. The van der Waals surface area contributed by atoms with Gasteiger partial charge < -0.3 is 10.3 Å². The van der Waals surface area contributed by atoms with Crippen LogP contribution >= 0.6 is 0 Å². The van der Waals surface area contributed by atoms with Crippen molar-refractivity contribution < 1.29 is 4.79 Å². The Balaban J connectivity index is 1.43. The van der Waals surface area contributed by atoms with E-state index >= 15 is 0 Å². The van der Waals surface area contributed by atoms with Gasteiger partial charge in [0, 0.05) is 17.7 Å². The van der Waals surface area contributed by atoms with Crippen LogP contribution in [0.1, 0.15) is 32.9 Å². The number of rotatable bonds is 5. The predicted octanol–water partition coefficient (Wildman–Crippen LogP) is 5.22. The SMILES string of the molecule is Cc1cccc(C(=O)Nc2cccc(CCc3nc4ccc(C)cc4[nH]3)c2)c1. The van der Waals surface area contributed by atoms with Crippen molar-refractivity contribution >= 4 is 22.6 Å². The summed E-state index contributed by atoms with van der Waals surface area (Å²) >= 11 is 0. The monoisotopic (exact) mass is 369 g/mol. The first kappa shape index (κ1) is 18.0.